The van der Waals surface area contributed by atoms with Crippen molar-refractivity contribution in [3.8, 4) is 45.5 Å². The minimum absolute atomic E-state index is 0.0104. The van der Waals surface area contributed by atoms with Gasteiger partial charge in [-0.25, -0.2) is 15.0 Å². The average Bonchev–Trinajstić information content (AvgIpc) is 4.05. The zero-order valence-corrected chi connectivity index (χ0v) is 29.8. The number of fused-ring (bicyclic) bond motifs is 10. The summed E-state index contributed by atoms with van der Waals surface area (Å²) in [6.07, 6.45) is 0. The van der Waals surface area contributed by atoms with Gasteiger partial charge in [-0.15, -0.1) is 0 Å². The smallest absolute Gasteiger partial charge is 0.164 e. The molecular formula is C51H31N5O. The summed E-state index contributed by atoms with van der Waals surface area (Å²) in [5, 5.41) is 1.38. The molecule has 12 aromatic rings. The molecular weight excluding hydrogens is 699 g/mol. The van der Waals surface area contributed by atoms with Crippen LogP contribution in [0.5, 0.6) is 0 Å². The summed E-state index contributed by atoms with van der Waals surface area (Å²) in [6.45, 7) is 0. The summed E-state index contributed by atoms with van der Waals surface area (Å²) in [4.78, 5) is 14.7. The van der Waals surface area contributed by atoms with Crippen LogP contribution >= 0.6 is 0 Å². The van der Waals surface area contributed by atoms with E-state index in [1.54, 1.807) is 51.6 Å². The average molecular weight is 740 g/mol. The maximum Gasteiger partial charge on any atom is 0.164 e. The molecule has 0 fully saturated rings. The Morgan fingerprint density at radius 1 is 0.421 bits per heavy atom. The summed E-state index contributed by atoms with van der Waals surface area (Å²) in [5.74, 6) is 1.39. The third-order valence-electron chi connectivity index (χ3n) is 10.4. The highest BCUT2D eigenvalue weighted by molar-refractivity contribution is 6.24. The van der Waals surface area contributed by atoms with E-state index < -0.39 is 36.3 Å². The van der Waals surface area contributed by atoms with Crippen molar-refractivity contribution >= 4 is 65.6 Å². The molecule has 0 amide bonds. The van der Waals surface area contributed by atoms with Gasteiger partial charge in [-0.05, 0) is 48.5 Å². The summed E-state index contributed by atoms with van der Waals surface area (Å²) in [5.41, 5.74) is 4.64. The predicted molar refractivity (Wildman–Crippen MR) is 232 cm³/mol. The highest BCUT2D eigenvalue weighted by Gasteiger charge is 2.23. The Balaban J connectivity index is 1.22. The Kier molecular flexibility index (Phi) is 5.02. The highest BCUT2D eigenvalue weighted by Crippen LogP contribution is 2.44. The van der Waals surface area contributed by atoms with Gasteiger partial charge in [-0.3, -0.25) is 0 Å². The first-order chi connectivity index (χ1) is 32.4. The molecule has 0 atom stereocenters. The van der Waals surface area contributed by atoms with Crippen molar-refractivity contribution in [3.63, 3.8) is 0 Å². The van der Waals surface area contributed by atoms with Crippen LogP contribution in [0.25, 0.3) is 111 Å². The molecule has 4 heterocycles. The number of hydrogen-bond acceptors (Lipinski definition) is 4. The molecule has 0 N–H and O–H groups in total. The molecule has 0 spiro atoms. The molecule has 266 valence electrons. The van der Waals surface area contributed by atoms with Crippen molar-refractivity contribution in [1.29, 1.82) is 0 Å². The van der Waals surface area contributed by atoms with Crippen LogP contribution in [-0.4, -0.2) is 24.1 Å². The number of para-hydroxylation sites is 3. The fourth-order valence-electron chi connectivity index (χ4n) is 7.96. The molecule has 0 aliphatic rings. The number of aromatic nitrogens is 5. The van der Waals surface area contributed by atoms with Crippen molar-refractivity contribution in [2.45, 2.75) is 0 Å². The van der Waals surface area contributed by atoms with Gasteiger partial charge in [0.2, 0.25) is 0 Å². The Hall–Kier alpha value is -7.83. The monoisotopic (exact) mass is 739 g/mol. The lowest BCUT2D eigenvalue weighted by Gasteiger charge is -2.13. The Morgan fingerprint density at radius 3 is 1.60 bits per heavy atom. The first-order valence-electron chi connectivity index (χ1n) is 23.3. The van der Waals surface area contributed by atoms with E-state index in [4.69, 9.17) is 24.9 Å². The number of nitrogens with zero attached hydrogens (tertiary/aromatic N) is 5. The minimum Gasteiger partial charge on any atom is -0.456 e. The lowest BCUT2D eigenvalue weighted by molar-refractivity contribution is 0.669. The van der Waals surface area contributed by atoms with Crippen LogP contribution in [-0.2, 0) is 0 Å². The zero-order valence-electron chi connectivity index (χ0n) is 39.8. The number of furan rings is 1. The van der Waals surface area contributed by atoms with Gasteiger partial charge in [0.05, 0.1) is 46.8 Å². The van der Waals surface area contributed by atoms with Gasteiger partial charge in [0.25, 0.3) is 0 Å². The molecule has 0 saturated carbocycles. The van der Waals surface area contributed by atoms with Gasteiger partial charge < -0.3 is 13.6 Å². The standard InChI is InChI=1S/C51H31N5O/c1-4-15-32(16-5-1)49-52-50(33-17-6-2-7-18-33)54-51(53-49)34-27-28-40-45(31-34)57-44-26-14-25-43(46(40)44)56-42-24-13-11-22-37(42)39-30-29-38-36-21-10-12-23-41(36)55(47(38)48(39)56)35-19-8-3-9-20-35/h1-31H/i10D,11D,12D,13D,21D,22D,23D,24D,29D,30D. The first kappa shape index (κ1) is 23.2. The van der Waals surface area contributed by atoms with Crippen molar-refractivity contribution in [2.24, 2.45) is 0 Å². The van der Waals surface area contributed by atoms with E-state index in [1.165, 1.54) is 0 Å². The quantitative estimate of drug-likeness (QED) is 0.176. The van der Waals surface area contributed by atoms with Crippen molar-refractivity contribution < 1.29 is 18.1 Å². The second kappa shape index (κ2) is 12.3. The van der Waals surface area contributed by atoms with E-state index in [0.717, 1.165) is 11.1 Å². The maximum absolute atomic E-state index is 9.65. The lowest BCUT2D eigenvalue weighted by Crippen LogP contribution is -2.00. The van der Waals surface area contributed by atoms with E-state index in [1.807, 2.05) is 84.9 Å². The van der Waals surface area contributed by atoms with E-state index >= 15 is 0 Å². The maximum atomic E-state index is 9.65. The largest absolute Gasteiger partial charge is 0.456 e. The molecule has 0 aliphatic heterocycles. The van der Waals surface area contributed by atoms with Gasteiger partial charge in [0.15, 0.2) is 17.5 Å². The van der Waals surface area contributed by atoms with Crippen molar-refractivity contribution in [2.75, 3.05) is 0 Å². The van der Waals surface area contributed by atoms with Crippen molar-refractivity contribution in [1.82, 2.24) is 24.1 Å². The van der Waals surface area contributed by atoms with Crippen LogP contribution in [0.3, 0.4) is 0 Å². The van der Waals surface area contributed by atoms with E-state index in [9.17, 15) is 8.22 Å². The molecule has 4 aromatic heterocycles. The lowest BCUT2D eigenvalue weighted by atomic mass is 10.1. The molecule has 12 rings (SSSR count). The topological polar surface area (TPSA) is 61.7 Å². The number of benzene rings is 8. The van der Waals surface area contributed by atoms with Crippen LogP contribution in [0.4, 0.5) is 0 Å². The molecule has 57 heavy (non-hydrogen) atoms. The van der Waals surface area contributed by atoms with Gasteiger partial charge in [-0.1, -0.05) is 139 Å². The van der Waals surface area contributed by atoms with Gasteiger partial charge in [0, 0.05) is 49.3 Å². The SMILES string of the molecule is [2H]c1c([2H])c([2H])c2c(c1[2H])c1c([2H])c([2H])c3c4c([2H])c([2H])c([2H])c([2H])c4n(-c4cccc5oc6cc(-c7nc(-c8ccccc8)nc(-c8ccccc8)n7)ccc6c45)c3c1n2-c1ccccc1. The molecule has 0 radical (unpaired) electrons. The Labute approximate surface area is 340 Å². The molecule has 0 unspecified atom stereocenters. The third-order valence-corrected chi connectivity index (χ3v) is 10.4. The molecule has 0 bridgehead atoms. The molecule has 0 aliphatic carbocycles. The fraction of sp³-hybridized carbons (Fsp3) is 0. The van der Waals surface area contributed by atoms with E-state index in [0.29, 0.717) is 56.3 Å². The van der Waals surface area contributed by atoms with E-state index in [-0.39, 0.29) is 67.8 Å². The number of hydrogen-bond donors (Lipinski definition) is 0. The van der Waals surface area contributed by atoms with Gasteiger partial charge in [0.1, 0.15) is 11.2 Å². The van der Waals surface area contributed by atoms with Crippen LogP contribution < -0.4 is 0 Å². The Morgan fingerprint density at radius 2 is 0.965 bits per heavy atom. The highest BCUT2D eigenvalue weighted by atomic mass is 16.3. The van der Waals surface area contributed by atoms with Crippen LogP contribution in [0.2, 0.25) is 0 Å². The van der Waals surface area contributed by atoms with Crippen LogP contribution in [0, 0.1) is 0 Å². The minimum atomic E-state index is -0.519. The number of rotatable bonds is 5. The van der Waals surface area contributed by atoms with Crippen molar-refractivity contribution in [3.05, 3.63) is 188 Å². The van der Waals surface area contributed by atoms with Gasteiger partial charge >= 0.3 is 0 Å². The molecule has 6 nitrogen and oxygen atoms in total. The van der Waals surface area contributed by atoms with Crippen LogP contribution in [0.15, 0.2) is 192 Å². The molecule has 0 saturated heterocycles. The first-order valence-corrected chi connectivity index (χ1v) is 18.3. The van der Waals surface area contributed by atoms with E-state index in [2.05, 4.69) is 0 Å². The molecule has 8 aromatic carbocycles. The van der Waals surface area contributed by atoms with Gasteiger partial charge in [-0.2, -0.15) is 0 Å². The fourth-order valence-corrected chi connectivity index (χ4v) is 7.96. The predicted octanol–water partition coefficient (Wildman–Crippen LogP) is 13.0. The third kappa shape index (κ3) is 4.81. The zero-order chi connectivity index (χ0) is 46.2. The van der Waals surface area contributed by atoms with Crippen LogP contribution in [0.1, 0.15) is 13.7 Å². The summed E-state index contributed by atoms with van der Waals surface area (Å²) in [7, 11) is 0. The summed E-state index contributed by atoms with van der Waals surface area (Å²) in [6, 6.07) is 34.9. The normalized spacial score (nSPS) is 14.3. The summed E-state index contributed by atoms with van der Waals surface area (Å²) < 4.78 is 102. The molecule has 6 heteroatoms. The second-order valence-corrected chi connectivity index (χ2v) is 13.7. The second-order valence-electron chi connectivity index (χ2n) is 13.7. The Bertz CT molecular complexity index is 4040. The summed E-state index contributed by atoms with van der Waals surface area (Å²) >= 11 is 0.